The van der Waals surface area contributed by atoms with Gasteiger partial charge in [-0.25, -0.2) is 4.68 Å². The lowest BCUT2D eigenvalue weighted by Crippen LogP contribution is -2.13. The fourth-order valence-corrected chi connectivity index (χ4v) is 1.54. The van der Waals surface area contributed by atoms with Gasteiger partial charge in [0.05, 0.1) is 18.1 Å². The van der Waals surface area contributed by atoms with Gasteiger partial charge in [-0.15, -0.1) is 0 Å². The van der Waals surface area contributed by atoms with Crippen LogP contribution in [0.15, 0.2) is 41.1 Å². The highest BCUT2D eigenvalue weighted by molar-refractivity contribution is 9.10. The number of hydrogen-bond acceptors (Lipinski definition) is 3. The van der Waals surface area contributed by atoms with Gasteiger partial charge in [0, 0.05) is 4.47 Å². The van der Waals surface area contributed by atoms with Crippen LogP contribution in [0.3, 0.4) is 0 Å². The highest BCUT2D eigenvalue weighted by Crippen LogP contribution is 2.16. The molecule has 84 valence electrons. The van der Waals surface area contributed by atoms with Gasteiger partial charge in [0.15, 0.2) is 5.75 Å². The summed E-state index contributed by atoms with van der Waals surface area (Å²) in [5.74, 6) is 0.747. The van der Waals surface area contributed by atoms with E-state index in [0.29, 0.717) is 6.73 Å². The van der Waals surface area contributed by atoms with Crippen LogP contribution < -0.4 is 10.1 Å². The molecule has 0 atom stereocenters. The SMILES string of the molecule is CNCOc1cnn(-c2ccc(Br)cc2)c1. The molecule has 0 unspecified atom stereocenters. The molecule has 0 fully saturated rings. The van der Waals surface area contributed by atoms with E-state index in [0.717, 1.165) is 15.9 Å². The van der Waals surface area contributed by atoms with Crippen LogP contribution in [0, 0.1) is 0 Å². The Labute approximate surface area is 102 Å². The second kappa shape index (κ2) is 5.14. The molecule has 0 bridgehead atoms. The van der Waals surface area contributed by atoms with E-state index >= 15 is 0 Å². The van der Waals surface area contributed by atoms with E-state index in [2.05, 4.69) is 26.3 Å². The van der Waals surface area contributed by atoms with Gasteiger partial charge in [-0.1, -0.05) is 15.9 Å². The number of hydrogen-bond donors (Lipinski definition) is 1. The highest BCUT2D eigenvalue weighted by atomic mass is 79.9. The fraction of sp³-hybridized carbons (Fsp3) is 0.182. The van der Waals surface area contributed by atoms with Crippen LogP contribution in [-0.2, 0) is 0 Å². The molecule has 1 heterocycles. The number of nitrogens with one attached hydrogen (secondary N) is 1. The monoisotopic (exact) mass is 281 g/mol. The number of aromatic nitrogens is 2. The molecule has 0 spiro atoms. The normalized spacial score (nSPS) is 10.4. The molecule has 4 nitrogen and oxygen atoms in total. The topological polar surface area (TPSA) is 39.1 Å². The Bertz CT molecular complexity index is 453. The minimum Gasteiger partial charge on any atom is -0.475 e. The minimum atomic E-state index is 0.478. The third kappa shape index (κ3) is 2.62. The molecular formula is C11H12BrN3O. The average Bonchev–Trinajstić information content (AvgIpc) is 2.76. The van der Waals surface area contributed by atoms with Crippen molar-refractivity contribution in [3.63, 3.8) is 0 Å². The predicted octanol–water partition coefficient (Wildman–Crippen LogP) is 2.19. The molecule has 2 aromatic rings. The summed E-state index contributed by atoms with van der Waals surface area (Å²) in [4.78, 5) is 0. The summed E-state index contributed by atoms with van der Waals surface area (Å²) in [6, 6.07) is 7.92. The van der Waals surface area contributed by atoms with Crippen molar-refractivity contribution in [1.29, 1.82) is 0 Å². The summed E-state index contributed by atoms with van der Waals surface area (Å²) in [5.41, 5.74) is 1.00. The molecule has 16 heavy (non-hydrogen) atoms. The minimum absolute atomic E-state index is 0.478. The summed E-state index contributed by atoms with van der Waals surface area (Å²) in [7, 11) is 1.83. The van der Waals surface area contributed by atoms with Crippen molar-refractivity contribution in [2.75, 3.05) is 13.8 Å². The lowest BCUT2D eigenvalue weighted by molar-refractivity contribution is 0.296. The Balaban J connectivity index is 2.15. The van der Waals surface area contributed by atoms with E-state index in [1.54, 1.807) is 10.9 Å². The second-order valence-corrected chi connectivity index (χ2v) is 4.15. The maximum absolute atomic E-state index is 5.38. The van der Waals surface area contributed by atoms with Crippen molar-refractivity contribution in [3.8, 4) is 11.4 Å². The molecule has 0 aliphatic heterocycles. The quantitative estimate of drug-likeness (QED) is 0.874. The molecule has 0 saturated heterocycles. The van der Waals surface area contributed by atoms with Gasteiger partial charge in [-0.2, -0.15) is 5.10 Å². The van der Waals surface area contributed by atoms with Gasteiger partial charge in [0.2, 0.25) is 0 Å². The van der Waals surface area contributed by atoms with Crippen molar-refractivity contribution < 1.29 is 4.74 Å². The summed E-state index contributed by atoms with van der Waals surface area (Å²) in [6.45, 7) is 0.478. The predicted molar refractivity (Wildman–Crippen MR) is 65.8 cm³/mol. The van der Waals surface area contributed by atoms with Crippen molar-refractivity contribution in [2.45, 2.75) is 0 Å². The Morgan fingerprint density at radius 1 is 1.38 bits per heavy atom. The summed E-state index contributed by atoms with van der Waals surface area (Å²) in [6.07, 6.45) is 3.54. The first-order chi connectivity index (χ1) is 7.79. The van der Waals surface area contributed by atoms with Gasteiger partial charge in [0.25, 0.3) is 0 Å². The zero-order chi connectivity index (χ0) is 11.4. The van der Waals surface area contributed by atoms with E-state index in [9.17, 15) is 0 Å². The van der Waals surface area contributed by atoms with E-state index in [1.165, 1.54) is 0 Å². The van der Waals surface area contributed by atoms with Crippen molar-refractivity contribution >= 4 is 15.9 Å². The molecule has 0 aliphatic carbocycles. The van der Waals surface area contributed by atoms with Gasteiger partial charge in [-0.05, 0) is 31.3 Å². The van der Waals surface area contributed by atoms with Crippen LogP contribution in [0.1, 0.15) is 0 Å². The van der Waals surface area contributed by atoms with Crippen molar-refractivity contribution in [2.24, 2.45) is 0 Å². The first-order valence-corrected chi connectivity index (χ1v) is 5.67. The van der Waals surface area contributed by atoms with Crippen molar-refractivity contribution in [3.05, 3.63) is 41.1 Å². The van der Waals surface area contributed by atoms with Gasteiger partial charge in [-0.3, -0.25) is 5.32 Å². The largest absolute Gasteiger partial charge is 0.475 e. The van der Waals surface area contributed by atoms with Crippen molar-refractivity contribution in [1.82, 2.24) is 15.1 Å². The van der Waals surface area contributed by atoms with Crippen LogP contribution >= 0.6 is 15.9 Å². The number of halogens is 1. The summed E-state index contributed by atoms with van der Waals surface area (Å²) < 4.78 is 8.20. The number of ether oxygens (including phenoxy) is 1. The number of rotatable bonds is 4. The Hall–Kier alpha value is -1.33. The zero-order valence-electron chi connectivity index (χ0n) is 8.85. The van der Waals surface area contributed by atoms with E-state index in [1.807, 2.05) is 37.5 Å². The Morgan fingerprint density at radius 2 is 2.12 bits per heavy atom. The summed E-state index contributed by atoms with van der Waals surface area (Å²) in [5, 5.41) is 7.12. The van der Waals surface area contributed by atoms with Crippen LogP contribution in [0.5, 0.6) is 5.75 Å². The van der Waals surface area contributed by atoms with Gasteiger partial charge >= 0.3 is 0 Å². The number of nitrogens with zero attached hydrogens (tertiary/aromatic N) is 2. The molecule has 0 aliphatic rings. The third-order valence-electron chi connectivity index (χ3n) is 2.03. The second-order valence-electron chi connectivity index (χ2n) is 3.24. The number of benzene rings is 1. The van der Waals surface area contributed by atoms with E-state index in [-0.39, 0.29) is 0 Å². The molecule has 2 rings (SSSR count). The van der Waals surface area contributed by atoms with Gasteiger partial charge in [0.1, 0.15) is 6.73 Å². The molecule has 0 saturated carbocycles. The van der Waals surface area contributed by atoms with Crippen LogP contribution in [0.2, 0.25) is 0 Å². The first-order valence-electron chi connectivity index (χ1n) is 4.87. The average molecular weight is 282 g/mol. The van der Waals surface area contributed by atoms with E-state index in [4.69, 9.17) is 4.74 Å². The fourth-order valence-electron chi connectivity index (χ4n) is 1.27. The molecule has 0 radical (unpaired) electrons. The maximum Gasteiger partial charge on any atom is 0.159 e. The first kappa shape index (κ1) is 11.2. The molecule has 1 aromatic carbocycles. The molecule has 0 amide bonds. The molecule has 5 heteroatoms. The lowest BCUT2D eigenvalue weighted by Gasteiger charge is -2.01. The third-order valence-corrected chi connectivity index (χ3v) is 2.56. The smallest absolute Gasteiger partial charge is 0.159 e. The zero-order valence-corrected chi connectivity index (χ0v) is 10.4. The summed E-state index contributed by atoms with van der Waals surface area (Å²) >= 11 is 3.39. The highest BCUT2D eigenvalue weighted by Gasteiger charge is 2.00. The molecular weight excluding hydrogens is 270 g/mol. The van der Waals surface area contributed by atoms with Crippen LogP contribution in [-0.4, -0.2) is 23.6 Å². The molecule has 1 N–H and O–H groups in total. The maximum atomic E-state index is 5.38. The lowest BCUT2D eigenvalue weighted by atomic mass is 10.3. The Morgan fingerprint density at radius 3 is 2.81 bits per heavy atom. The van der Waals surface area contributed by atoms with Crippen LogP contribution in [0.4, 0.5) is 0 Å². The van der Waals surface area contributed by atoms with Crippen LogP contribution in [0.25, 0.3) is 5.69 Å². The molecule has 1 aromatic heterocycles. The Kier molecular flexibility index (Phi) is 3.58. The van der Waals surface area contributed by atoms with Gasteiger partial charge < -0.3 is 4.74 Å². The standard InChI is InChI=1S/C11H12BrN3O/c1-13-8-16-11-6-14-15(7-11)10-4-2-9(12)3-5-10/h2-7,13H,8H2,1H3. The van der Waals surface area contributed by atoms with E-state index < -0.39 is 0 Å².